The van der Waals surface area contributed by atoms with Gasteiger partial charge in [-0.3, -0.25) is 9.69 Å². The summed E-state index contributed by atoms with van der Waals surface area (Å²) < 4.78 is 12.9. The predicted molar refractivity (Wildman–Crippen MR) is 105 cm³/mol. The zero-order valence-corrected chi connectivity index (χ0v) is 15.6. The van der Waals surface area contributed by atoms with Crippen molar-refractivity contribution >= 4 is 22.4 Å². The number of anilines is 1. The smallest absolute Gasteiger partial charge is 0.230 e. The van der Waals surface area contributed by atoms with Crippen LogP contribution in [0.25, 0.3) is 0 Å². The van der Waals surface area contributed by atoms with Gasteiger partial charge in [0.05, 0.1) is 12.1 Å². The lowest BCUT2D eigenvalue weighted by Crippen LogP contribution is -2.30. The van der Waals surface area contributed by atoms with Gasteiger partial charge in [-0.25, -0.2) is 9.37 Å². The van der Waals surface area contributed by atoms with Crippen molar-refractivity contribution in [3.63, 3.8) is 0 Å². The highest BCUT2D eigenvalue weighted by molar-refractivity contribution is 7.13. The molecule has 27 heavy (non-hydrogen) atoms. The molecule has 0 saturated heterocycles. The molecule has 0 fully saturated rings. The first-order chi connectivity index (χ1) is 13.2. The normalized spacial score (nSPS) is 14.0. The van der Waals surface area contributed by atoms with E-state index in [1.54, 1.807) is 12.1 Å². The van der Waals surface area contributed by atoms with Crippen molar-refractivity contribution in [2.75, 3.05) is 11.9 Å². The van der Waals surface area contributed by atoms with E-state index in [1.807, 2.05) is 5.38 Å². The summed E-state index contributed by atoms with van der Waals surface area (Å²) >= 11 is 1.44. The summed E-state index contributed by atoms with van der Waals surface area (Å²) in [6.07, 6.45) is 1.26. The molecule has 138 valence electrons. The second-order valence-corrected chi connectivity index (χ2v) is 7.58. The Morgan fingerprint density at radius 1 is 1.15 bits per heavy atom. The quantitative estimate of drug-likeness (QED) is 0.726. The summed E-state index contributed by atoms with van der Waals surface area (Å²) in [5.41, 5.74) is 4.56. The number of carbonyl (C=O) groups is 1. The van der Waals surface area contributed by atoms with Crippen LogP contribution in [0.15, 0.2) is 53.9 Å². The number of thiazole rings is 1. The molecule has 1 aromatic heterocycles. The van der Waals surface area contributed by atoms with Crippen LogP contribution in [-0.4, -0.2) is 22.3 Å². The molecule has 0 spiro atoms. The molecule has 1 aliphatic heterocycles. The van der Waals surface area contributed by atoms with Crippen molar-refractivity contribution in [2.24, 2.45) is 0 Å². The highest BCUT2D eigenvalue weighted by atomic mass is 32.1. The van der Waals surface area contributed by atoms with Crippen molar-refractivity contribution in [1.29, 1.82) is 0 Å². The Labute approximate surface area is 161 Å². The molecule has 2 heterocycles. The average molecular weight is 381 g/mol. The molecule has 0 saturated carbocycles. The topological polar surface area (TPSA) is 45.2 Å². The van der Waals surface area contributed by atoms with Crippen molar-refractivity contribution in [2.45, 2.75) is 25.9 Å². The number of nitrogens with one attached hydrogen (secondary N) is 1. The molecule has 1 amide bonds. The van der Waals surface area contributed by atoms with Gasteiger partial charge in [-0.1, -0.05) is 36.4 Å². The van der Waals surface area contributed by atoms with E-state index in [2.05, 4.69) is 39.5 Å². The molecule has 0 atom stereocenters. The molecule has 2 aromatic carbocycles. The summed E-state index contributed by atoms with van der Waals surface area (Å²) in [6.45, 7) is 2.72. The summed E-state index contributed by atoms with van der Waals surface area (Å²) in [6, 6.07) is 14.5. The first-order valence-corrected chi connectivity index (χ1v) is 9.81. The van der Waals surface area contributed by atoms with Crippen molar-refractivity contribution in [3.05, 3.63) is 82.1 Å². The number of aromatic nitrogens is 1. The van der Waals surface area contributed by atoms with Crippen LogP contribution in [-0.2, 0) is 30.7 Å². The minimum Gasteiger partial charge on any atom is -0.302 e. The third-order valence-corrected chi connectivity index (χ3v) is 5.48. The maximum Gasteiger partial charge on any atom is 0.230 e. The van der Waals surface area contributed by atoms with Gasteiger partial charge in [0.15, 0.2) is 5.13 Å². The fourth-order valence-electron chi connectivity index (χ4n) is 3.31. The molecule has 4 nitrogen and oxygen atoms in total. The molecule has 0 unspecified atom stereocenters. The first-order valence-electron chi connectivity index (χ1n) is 8.93. The van der Waals surface area contributed by atoms with Gasteiger partial charge in [-0.15, -0.1) is 11.3 Å². The lowest BCUT2D eigenvalue weighted by molar-refractivity contribution is -0.115. The molecule has 1 aliphatic rings. The van der Waals surface area contributed by atoms with Gasteiger partial charge in [0, 0.05) is 25.0 Å². The Kier molecular flexibility index (Phi) is 5.27. The Bertz CT molecular complexity index is 939. The number of halogens is 1. The number of rotatable bonds is 5. The summed E-state index contributed by atoms with van der Waals surface area (Å²) in [7, 11) is 0. The van der Waals surface area contributed by atoms with E-state index in [1.165, 1.54) is 34.6 Å². The van der Waals surface area contributed by atoms with Gasteiger partial charge in [0.2, 0.25) is 5.91 Å². The second-order valence-electron chi connectivity index (χ2n) is 6.72. The van der Waals surface area contributed by atoms with Crippen LogP contribution in [0.5, 0.6) is 0 Å². The first kappa shape index (κ1) is 17.8. The molecule has 0 bridgehead atoms. The third kappa shape index (κ3) is 4.59. The largest absolute Gasteiger partial charge is 0.302 e. The van der Waals surface area contributed by atoms with Gasteiger partial charge in [-0.2, -0.15) is 0 Å². The number of benzene rings is 2. The van der Waals surface area contributed by atoms with E-state index >= 15 is 0 Å². The van der Waals surface area contributed by atoms with E-state index in [4.69, 9.17) is 0 Å². The van der Waals surface area contributed by atoms with Crippen LogP contribution in [0, 0.1) is 5.82 Å². The van der Waals surface area contributed by atoms with E-state index in [9.17, 15) is 9.18 Å². The van der Waals surface area contributed by atoms with E-state index in [0.717, 1.165) is 37.3 Å². The summed E-state index contributed by atoms with van der Waals surface area (Å²) in [5, 5.41) is 5.43. The second kappa shape index (κ2) is 7.98. The standard InChI is InChI=1S/C21H20FN3OS/c22-18-7-5-15(6-8-18)11-20(26)24-21-23-19(14-27-21)13-25-10-9-16-3-1-2-4-17(16)12-25/h1-8,14H,9-13H2,(H,23,24,26). The predicted octanol–water partition coefficient (Wildman–Crippen LogP) is 4.02. The number of nitrogens with zero attached hydrogens (tertiary/aromatic N) is 2. The molecular weight excluding hydrogens is 361 g/mol. The van der Waals surface area contributed by atoms with Gasteiger partial charge < -0.3 is 5.32 Å². The monoisotopic (exact) mass is 381 g/mol. The van der Waals surface area contributed by atoms with Crippen LogP contribution in [0.1, 0.15) is 22.4 Å². The Morgan fingerprint density at radius 2 is 1.93 bits per heavy atom. The minimum absolute atomic E-state index is 0.144. The third-order valence-electron chi connectivity index (χ3n) is 4.67. The highest BCUT2D eigenvalue weighted by Crippen LogP contribution is 2.22. The Morgan fingerprint density at radius 3 is 2.74 bits per heavy atom. The molecule has 1 N–H and O–H groups in total. The van der Waals surface area contributed by atoms with Crippen LogP contribution in [0.4, 0.5) is 9.52 Å². The number of amides is 1. The number of hydrogen-bond donors (Lipinski definition) is 1. The number of fused-ring (bicyclic) bond motifs is 1. The maximum atomic E-state index is 12.9. The van der Waals surface area contributed by atoms with Crippen LogP contribution in [0.2, 0.25) is 0 Å². The zero-order chi connectivity index (χ0) is 18.6. The zero-order valence-electron chi connectivity index (χ0n) is 14.8. The lowest BCUT2D eigenvalue weighted by atomic mass is 10.00. The van der Waals surface area contributed by atoms with Crippen LogP contribution in [0.3, 0.4) is 0 Å². The molecule has 6 heteroatoms. The van der Waals surface area contributed by atoms with Crippen molar-refractivity contribution < 1.29 is 9.18 Å². The lowest BCUT2D eigenvalue weighted by Gasteiger charge is -2.27. The summed E-state index contributed by atoms with van der Waals surface area (Å²) in [4.78, 5) is 19.1. The fourth-order valence-corrected chi connectivity index (χ4v) is 4.02. The SMILES string of the molecule is O=C(Cc1ccc(F)cc1)Nc1nc(CN2CCc3ccccc3C2)cs1. The molecule has 0 radical (unpaired) electrons. The minimum atomic E-state index is -0.302. The fraction of sp³-hybridized carbons (Fsp3) is 0.238. The Balaban J connectivity index is 1.32. The molecular formula is C21H20FN3OS. The number of hydrogen-bond acceptors (Lipinski definition) is 4. The summed E-state index contributed by atoms with van der Waals surface area (Å²) in [5.74, 6) is -0.446. The van der Waals surface area contributed by atoms with Gasteiger partial charge in [0.25, 0.3) is 0 Å². The highest BCUT2D eigenvalue weighted by Gasteiger charge is 2.17. The van der Waals surface area contributed by atoms with Crippen molar-refractivity contribution in [3.8, 4) is 0 Å². The van der Waals surface area contributed by atoms with Gasteiger partial charge in [-0.05, 0) is 35.2 Å². The maximum absolute atomic E-state index is 12.9. The van der Waals surface area contributed by atoms with Crippen LogP contribution >= 0.6 is 11.3 Å². The number of carbonyl (C=O) groups excluding carboxylic acids is 1. The van der Waals surface area contributed by atoms with Crippen LogP contribution < -0.4 is 5.32 Å². The molecule has 4 rings (SSSR count). The van der Waals surface area contributed by atoms with Crippen molar-refractivity contribution in [1.82, 2.24) is 9.88 Å². The van der Waals surface area contributed by atoms with E-state index in [-0.39, 0.29) is 18.1 Å². The molecule has 0 aliphatic carbocycles. The van der Waals surface area contributed by atoms with Gasteiger partial charge >= 0.3 is 0 Å². The average Bonchev–Trinajstić information content (AvgIpc) is 3.10. The Hall–Kier alpha value is -2.57. The van der Waals surface area contributed by atoms with E-state index in [0.29, 0.717) is 5.13 Å². The van der Waals surface area contributed by atoms with Gasteiger partial charge in [0.1, 0.15) is 5.82 Å². The van der Waals surface area contributed by atoms with E-state index < -0.39 is 0 Å². The molecule has 3 aromatic rings.